The fourth-order valence-electron chi connectivity index (χ4n) is 3.16. The van der Waals surface area contributed by atoms with Gasteiger partial charge in [-0.25, -0.2) is 33.1 Å². The van der Waals surface area contributed by atoms with E-state index in [0.717, 1.165) is 18.9 Å². The first kappa shape index (κ1) is 17.8. The van der Waals surface area contributed by atoms with Crippen LogP contribution >= 0.6 is 0 Å². The van der Waals surface area contributed by atoms with E-state index in [4.69, 9.17) is 4.74 Å². The van der Waals surface area contributed by atoms with E-state index in [1.54, 1.807) is 13.8 Å². The van der Waals surface area contributed by atoms with Gasteiger partial charge < -0.3 is 4.74 Å². The van der Waals surface area contributed by atoms with Crippen LogP contribution in [-0.2, 0) is 4.74 Å². The van der Waals surface area contributed by atoms with Gasteiger partial charge in [0.1, 0.15) is 22.9 Å². The third-order valence-electron chi connectivity index (χ3n) is 4.81. The Morgan fingerprint density at radius 3 is 2.26 bits per heavy atom. The molecule has 0 atom stereocenters. The van der Waals surface area contributed by atoms with Crippen LogP contribution in [0.1, 0.15) is 36.0 Å². The average Bonchev–Trinajstić information content (AvgIpc) is 2.66. The minimum atomic E-state index is -1.25. The maximum atomic E-state index is 14.5. The lowest BCUT2D eigenvalue weighted by Crippen LogP contribution is -2.17. The molecule has 0 aliphatic carbocycles. The standard InChI is InChI=1S/C19H17F3N4O/c1-9-10(2)24-19-17(23-9)16(12-7-14(21)15(22)8-13(12)20)25-18(26-19)11-3-5-27-6-4-11/h7-8,11H,3-6H2,1-2H3. The summed E-state index contributed by atoms with van der Waals surface area (Å²) < 4.78 is 47.0. The highest BCUT2D eigenvalue weighted by Crippen LogP contribution is 2.32. The van der Waals surface area contributed by atoms with Gasteiger partial charge in [-0.3, -0.25) is 0 Å². The Morgan fingerprint density at radius 1 is 0.852 bits per heavy atom. The van der Waals surface area contributed by atoms with Crippen LogP contribution in [0.2, 0.25) is 0 Å². The molecule has 4 rings (SSSR count). The molecule has 0 bridgehead atoms. The minimum Gasteiger partial charge on any atom is -0.381 e. The van der Waals surface area contributed by atoms with E-state index in [2.05, 4.69) is 19.9 Å². The molecule has 8 heteroatoms. The molecule has 1 saturated heterocycles. The van der Waals surface area contributed by atoms with Crippen molar-refractivity contribution < 1.29 is 17.9 Å². The Balaban J connectivity index is 1.99. The molecule has 5 nitrogen and oxygen atoms in total. The summed E-state index contributed by atoms with van der Waals surface area (Å²) in [5.74, 6) is -2.80. The zero-order valence-electron chi connectivity index (χ0n) is 14.9. The van der Waals surface area contributed by atoms with Gasteiger partial charge in [0, 0.05) is 30.8 Å². The van der Waals surface area contributed by atoms with Crippen molar-refractivity contribution in [1.29, 1.82) is 0 Å². The molecule has 0 spiro atoms. The lowest BCUT2D eigenvalue weighted by atomic mass is 9.99. The first-order valence-corrected chi connectivity index (χ1v) is 8.69. The average molecular weight is 374 g/mol. The summed E-state index contributed by atoms with van der Waals surface area (Å²) in [6.07, 6.45) is 1.45. The smallest absolute Gasteiger partial charge is 0.182 e. The molecule has 1 aliphatic rings. The third kappa shape index (κ3) is 3.25. The van der Waals surface area contributed by atoms with Gasteiger partial charge in [-0.2, -0.15) is 0 Å². The second kappa shape index (κ2) is 6.84. The fraction of sp³-hybridized carbons (Fsp3) is 0.368. The predicted molar refractivity (Wildman–Crippen MR) is 92.7 cm³/mol. The van der Waals surface area contributed by atoms with Gasteiger partial charge in [-0.1, -0.05) is 0 Å². The molecule has 1 fully saturated rings. The highest BCUT2D eigenvalue weighted by molar-refractivity contribution is 5.87. The second-order valence-electron chi connectivity index (χ2n) is 6.63. The summed E-state index contributed by atoms with van der Waals surface area (Å²) in [4.78, 5) is 17.9. The number of aromatic nitrogens is 4. The van der Waals surface area contributed by atoms with E-state index in [1.807, 2.05) is 0 Å². The Morgan fingerprint density at radius 2 is 1.52 bits per heavy atom. The number of fused-ring (bicyclic) bond motifs is 1. The van der Waals surface area contributed by atoms with E-state index in [9.17, 15) is 13.2 Å². The zero-order chi connectivity index (χ0) is 19.1. The number of hydrogen-bond donors (Lipinski definition) is 0. The topological polar surface area (TPSA) is 60.8 Å². The number of hydrogen-bond acceptors (Lipinski definition) is 5. The lowest BCUT2D eigenvalue weighted by Gasteiger charge is -2.21. The van der Waals surface area contributed by atoms with Crippen molar-refractivity contribution in [3.05, 3.63) is 46.8 Å². The molecule has 0 amide bonds. The van der Waals surface area contributed by atoms with Gasteiger partial charge >= 0.3 is 0 Å². The largest absolute Gasteiger partial charge is 0.381 e. The summed E-state index contributed by atoms with van der Waals surface area (Å²) in [5.41, 5.74) is 1.86. The molecule has 140 valence electrons. The van der Waals surface area contributed by atoms with Crippen LogP contribution < -0.4 is 0 Å². The molecular formula is C19H17F3N4O. The molecule has 1 aliphatic heterocycles. The second-order valence-corrected chi connectivity index (χ2v) is 6.63. The van der Waals surface area contributed by atoms with Crippen LogP contribution in [-0.4, -0.2) is 33.1 Å². The van der Waals surface area contributed by atoms with Crippen molar-refractivity contribution in [1.82, 2.24) is 19.9 Å². The highest BCUT2D eigenvalue weighted by atomic mass is 19.2. The van der Waals surface area contributed by atoms with Crippen LogP contribution in [0.4, 0.5) is 13.2 Å². The molecular weight excluding hydrogens is 357 g/mol. The Hall–Kier alpha value is -2.61. The molecule has 3 aromatic rings. The fourth-order valence-corrected chi connectivity index (χ4v) is 3.16. The van der Waals surface area contributed by atoms with E-state index < -0.39 is 17.5 Å². The van der Waals surface area contributed by atoms with Crippen LogP contribution in [0.5, 0.6) is 0 Å². The van der Waals surface area contributed by atoms with Crippen molar-refractivity contribution in [3.63, 3.8) is 0 Å². The van der Waals surface area contributed by atoms with E-state index in [0.29, 0.717) is 42.1 Å². The normalized spacial score (nSPS) is 15.4. The quantitative estimate of drug-likeness (QED) is 0.634. The van der Waals surface area contributed by atoms with E-state index in [1.165, 1.54) is 0 Å². The predicted octanol–water partition coefficient (Wildman–Crippen LogP) is 4.01. The van der Waals surface area contributed by atoms with Crippen LogP contribution in [0.3, 0.4) is 0 Å². The van der Waals surface area contributed by atoms with Crippen molar-refractivity contribution >= 4 is 11.2 Å². The van der Waals surface area contributed by atoms with E-state index >= 15 is 0 Å². The van der Waals surface area contributed by atoms with Gasteiger partial charge in [0.05, 0.1) is 11.4 Å². The van der Waals surface area contributed by atoms with Crippen molar-refractivity contribution in [3.8, 4) is 11.3 Å². The Labute approximate surface area is 153 Å². The lowest BCUT2D eigenvalue weighted by molar-refractivity contribution is 0.0836. The molecule has 0 unspecified atom stereocenters. The van der Waals surface area contributed by atoms with Gasteiger partial charge in [-0.05, 0) is 32.8 Å². The van der Waals surface area contributed by atoms with Crippen molar-refractivity contribution in [2.45, 2.75) is 32.6 Å². The Bertz CT molecular complexity index is 1040. The van der Waals surface area contributed by atoms with E-state index in [-0.39, 0.29) is 22.7 Å². The molecule has 2 aromatic heterocycles. The minimum absolute atomic E-state index is 0.0265. The monoisotopic (exact) mass is 374 g/mol. The molecule has 27 heavy (non-hydrogen) atoms. The van der Waals surface area contributed by atoms with Crippen LogP contribution in [0.15, 0.2) is 12.1 Å². The molecule has 0 saturated carbocycles. The number of benzene rings is 1. The number of rotatable bonds is 2. The summed E-state index contributed by atoms with van der Waals surface area (Å²) in [7, 11) is 0. The number of nitrogens with zero attached hydrogens (tertiary/aromatic N) is 4. The summed E-state index contributed by atoms with van der Waals surface area (Å²) in [5, 5.41) is 0. The molecule has 0 radical (unpaired) electrons. The SMILES string of the molecule is Cc1nc2nc(C3CCOCC3)nc(-c3cc(F)c(F)cc3F)c2nc1C. The van der Waals surface area contributed by atoms with Crippen molar-refractivity contribution in [2.24, 2.45) is 0 Å². The number of halogens is 3. The van der Waals surface area contributed by atoms with Gasteiger partial charge in [0.15, 0.2) is 17.3 Å². The van der Waals surface area contributed by atoms with Gasteiger partial charge in [0.25, 0.3) is 0 Å². The Kier molecular flexibility index (Phi) is 4.51. The maximum Gasteiger partial charge on any atom is 0.182 e. The van der Waals surface area contributed by atoms with Crippen LogP contribution in [0, 0.1) is 31.3 Å². The summed E-state index contributed by atoms with van der Waals surface area (Å²) >= 11 is 0. The van der Waals surface area contributed by atoms with Crippen LogP contribution in [0.25, 0.3) is 22.4 Å². The number of ether oxygens (including phenoxy) is 1. The van der Waals surface area contributed by atoms with Gasteiger partial charge in [-0.15, -0.1) is 0 Å². The first-order valence-electron chi connectivity index (χ1n) is 8.69. The molecule has 0 N–H and O–H groups in total. The highest BCUT2D eigenvalue weighted by Gasteiger charge is 2.24. The first-order chi connectivity index (χ1) is 12.9. The number of aryl methyl sites for hydroxylation is 2. The van der Waals surface area contributed by atoms with Crippen molar-refractivity contribution in [2.75, 3.05) is 13.2 Å². The summed E-state index contributed by atoms with van der Waals surface area (Å²) in [6, 6.07) is 1.32. The summed E-state index contributed by atoms with van der Waals surface area (Å²) in [6.45, 7) is 4.73. The molecule has 1 aromatic carbocycles. The zero-order valence-corrected chi connectivity index (χ0v) is 14.9. The maximum absolute atomic E-state index is 14.5. The molecule has 3 heterocycles. The van der Waals surface area contributed by atoms with Gasteiger partial charge in [0.2, 0.25) is 0 Å². The third-order valence-corrected chi connectivity index (χ3v) is 4.81.